The van der Waals surface area contributed by atoms with Crippen LogP contribution in [0.4, 0.5) is 30.7 Å². The Morgan fingerprint density at radius 1 is 0.818 bits per heavy atom. The third-order valence-corrected chi connectivity index (χ3v) is 8.37. The summed E-state index contributed by atoms with van der Waals surface area (Å²) in [6.45, 7) is 3.00. The van der Waals surface area contributed by atoms with Gasteiger partial charge in [0, 0.05) is 29.2 Å². The summed E-state index contributed by atoms with van der Waals surface area (Å²) in [6.07, 6.45) is 1.87. The lowest BCUT2D eigenvalue weighted by molar-refractivity contribution is -0.222. The molecule has 2 fully saturated rings. The van der Waals surface area contributed by atoms with Crippen LogP contribution in [0.3, 0.4) is 0 Å². The fourth-order valence-corrected chi connectivity index (χ4v) is 5.91. The molecule has 236 valence electrons. The van der Waals surface area contributed by atoms with Gasteiger partial charge in [-0.25, -0.2) is 22.0 Å². The molecular formula is C34H33F7O3. The molecule has 2 aliphatic rings. The van der Waals surface area contributed by atoms with E-state index in [4.69, 9.17) is 9.47 Å². The first kappa shape index (κ1) is 32.0. The van der Waals surface area contributed by atoms with Crippen LogP contribution in [0, 0.1) is 40.9 Å². The van der Waals surface area contributed by atoms with Gasteiger partial charge in [0.2, 0.25) is 0 Å². The van der Waals surface area contributed by atoms with Crippen molar-refractivity contribution in [2.24, 2.45) is 11.8 Å². The lowest BCUT2D eigenvalue weighted by Gasteiger charge is -2.33. The quantitative estimate of drug-likeness (QED) is 0.135. The monoisotopic (exact) mass is 622 g/mol. The summed E-state index contributed by atoms with van der Waals surface area (Å²) in [7, 11) is 0. The molecule has 44 heavy (non-hydrogen) atoms. The summed E-state index contributed by atoms with van der Waals surface area (Å²) in [5.41, 5.74) is 1.40. The molecule has 0 aromatic heterocycles. The van der Waals surface area contributed by atoms with Crippen LogP contribution in [0.15, 0.2) is 60.7 Å². The molecule has 0 atom stereocenters. The predicted molar refractivity (Wildman–Crippen MR) is 151 cm³/mol. The molecular weight excluding hydrogens is 589 g/mol. The van der Waals surface area contributed by atoms with E-state index in [-0.39, 0.29) is 43.1 Å². The maximum Gasteiger partial charge on any atom is 0.400 e. The Balaban J connectivity index is 1.19. The van der Waals surface area contributed by atoms with E-state index in [1.54, 1.807) is 24.3 Å². The molecule has 0 bridgehead atoms. The first-order chi connectivity index (χ1) is 21.1. The van der Waals surface area contributed by atoms with Crippen molar-refractivity contribution in [1.82, 2.24) is 0 Å². The van der Waals surface area contributed by atoms with Crippen molar-refractivity contribution >= 4 is 0 Å². The number of halogens is 7. The number of rotatable bonds is 9. The Kier molecular flexibility index (Phi) is 10.00. The van der Waals surface area contributed by atoms with Crippen LogP contribution in [0.5, 0.6) is 5.75 Å². The fourth-order valence-electron chi connectivity index (χ4n) is 5.91. The Labute approximate surface area is 251 Å². The summed E-state index contributed by atoms with van der Waals surface area (Å²) >= 11 is 0. The highest BCUT2D eigenvalue weighted by atomic mass is 19.3. The molecule has 0 N–H and O–H groups in total. The molecule has 1 aliphatic heterocycles. The molecule has 1 aliphatic carbocycles. The number of ether oxygens (including phenoxy) is 3. The standard InChI is InChI=1S/C34H33F7O3/c1-2-3-4-5-20-18-42-33(43-19-20)23-9-13-27(29(36)15-23)22-8-12-26(28(35)14-22)21-6-10-24(11-7-21)34(40,41)44-25-16-30(37)32(39)31(38)17-25/h2-3,8-9,12-17,20-21,24,33H,4-7,10-11,18-19H2,1H3. The zero-order valence-corrected chi connectivity index (χ0v) is 24.1. The van der Waals surface area contributed by atoms with Crippen molar-refractivity contribution in [2.45, 2.75) is 63.8 Å². The summed E-state index contributed by atoms with van der Waals surface area (Å²) in [6, 6.07) is 9.67. The largest absolute Gasteiger partial charge is 0.432 e. The van der Waals surface area contributed by atoms with Crippen LogP contribution in [-0.2, 0) is 9.47 Å². The fraction of sp³-hybridized carbons (Fsp3) is 0.412. The van der Waals surface area contributed by atoms with Crippen LogP contribution in [0.1, 0.15) is 68.8 Å². The predicted octanol–water partition coefficient (Wildman–Crippen LogP) is 10.0. The number of benzene rings is 3. The van der Waals surface area contributed by atoms with E-state index in [2.05, 4.69) is 10.8 Å². The second-order valence-electron chi connectivity index (χ2n) is 11.4. The molecule has 0 amide bonds. The molecule has 10 heteroatoms. The number of hydrogen-bond acceptors (Lipinski definition) is 3. The third kappa shape index (κ3) is 7.29. The molecule has 1 saturated carbocycles. The van der Waals surface area contributed by atoms with Crippen LogP contribution in [0.25, 0.3) is 11.1 Å². The Morgan fingerprint density at radius 3 is 2.11 bits per heavy atom. The van der Waals surface area contributed by atoms with Gasteiger partial charge in [-0.05, 0) is 74.6 Å². The van der Waals surface area contributed by atoms with Gasteiger partial charge in [0.15, 0.2) is 23.7 Å². The minimum absolute atomic E-state index is 0.0387. The molecule has 0 unspecified atom stereocenters. The smallest absolute Gasteiger partial charge is 0.400 e. The first-order valence-corrected chi connectivity index (χ1v) is 14.7. The van der Waals surface area contributed by atoms with Gasteiger partial charge in [-0.15, -0.1) is 0 Å². The molecule has 1 heterocycles. The zero-order chi connectivity index (χ0) is 31.4. The first-order valence-electron chi connectivity index (χ1n) is 14.7. The average molecular weight is 623 g/mol. The van der Waals surface area contributed by atoms with E-state index < -0.39 is 53.2 Å². The molecule has 0 radical (unpaired) electrons. The van der Waals surface area contributed by atoms with Crippen LogP contribution in [0.2, 0.25) is 0 Å². The number of allylic oxidation sites excluding steroid dienone is 2. The van der Waals surface area contributed by atoms with Gasteiger partial charge in [-0.1, -0.05) is 36.4 Å². The van der Waals surface area contributed by atoms with E-state index in [1.165, 1.54) is 12.1 Å². The van der Waals surface area contributed by atoms with Gasteiger partial charge in [0.05, 0.1) is 19.1 Å². The van der Waals surface area contributed by atoms with Crippen molar-refractivity contribution in [3.8, 4) is 16.9 Å². The number of alkyl halides is 2. The second kappa shape index (κ2) is 13.7. The summed E-state index contributed by atoms with van der Waals surface area (Å²) in [4.78, 5) is 0. The maximum atomic E-state index is 15.3. The van der Waals surface area contributed by atoms with E-state index >= 15 is 8.78 Å². The minimum atomic E-state index is -3.77. The summed E-state index contributed by atoms with van der Waals surface area (Å²) in [5, 5.41) is 0. The molecule has 3 aromatic rings. The molecule has 3 aromatic carbocycles. The summed E-state index contributed by atoms with van der Waals surface area (Å²) in [5.74, 6) is -8.36. The second-order valence-corrected chi connectivity index (χ2v) is 11.4. The van der Waals surface area contributed by atoms with Crippen molar-refractivity contribution < 1.29 is 44.9 Å². The van der Waals surface area contributed by atoms with E-state index in [1.807, 2.05) is 13.0 Å². The van der Waals surface area contributed by atoms with Crippen LogP contribution >= 0.6 is 0 Å². The maximum absolute atomic E-state index is 15.3. The summed E-state index contributed by atoms with van der Waals surface area (Å²) < 4.78 is 116. The van der Waals surface area contributed by atoms with Gasteiger partial charge in [-0.3, -0.25) is 0 Å². The Morgan fingerprint density at radius 2 is 1.50 bits per heavy atom. The van der Waals surface area contributed by atoms with Gasteiger partial charge in [0.25, 0.3) is 0 Å². The minimum Gasteiger partial charge on any atom is -0.432 e. The molecule has 5 rings (SSSR count). The highest BCUT2D eigenvalue weighted by Crippen LogP contribution is 2.44. The SMILES string of the molecule is CC=CCCC1COC(c2ccc(-c3ccc(C4CCC(C(F)(F)Oc5cc(F)c(F)c(F)c5)CC4)c(F)c3)c(F)c2)OC1. The lowest BCUT2D eigenvalue weighted by Crippen LogP contribution is -2.37. The van der Waals surface area contributed by atoms with Crippen molar-refractivity contribution in [2.75, 3.05) is 13.2 Å². The normalized spacial score (nSPS) is 22.8. The van der Waals surface area contributed by atoms with Crippen LogP contribution < -0.4 is 4.74 Å². The van der Waals surface area contributed by atoms with E-state index in [0.29, 0.717) is 42.0 Å². The van der Waals surface area contributed by atoms with Gasteiger partial charge in [0.1, 0.15) is 17.4 Å². The van der Waals surface area contributed by atoms with Gasteiger partial charge >= 0.3 is 6.11 Å². The Bertz CT molecular complexity index is 1450. The lowest BCUT2D eigenvalue weighted by atomic mass is 9.77. The van der Waals surface area contributed by atoms with Crippen molar-refractivity contribution in [1.29, 1.82) is 0 Å². The van der Waals surface area contributed by atoms with E-state index in [0.717, 1.165) is 12.8 Å². The van der Waals surface area contributed by atoms with Crippen molar-refractivity contribution in [3.05, 3.63) is 101 Å². The molecule has 3 nitrogen and oxygen atoms in total. The third-order valence-electron chi connectivity index (χ3n) is 8.37. The van der Waals surface area contributed by atoms with Gasteiger partial charge in [-0.2, -0.15) is 8.78 Å². The topological polar surface area (TPSA) is 27.7 Å². The highest BCUT2D eigenvalue weighted by Gasteiger charge is 2.44. The van der Waals surface area contributed by atoms with Crippen LogP contribution in [-0.4, -0.2) is 19.3 Å². The average Bonchev–Trinajstić information content (AvgIpc) is 3.00. The van der Waals surface area contributed by atoms with Gasteiger partial charge < -0.3 is 14.2 Å². The highest BCUT2D eigenvalue weighted by molar-refractivity contribution is 5.65. The Hall–Kier alpha value is -3.37. The molecule has 1 saturated heterocycles. The zero-order valence-electron chi connectivity index (χ0n) is 24.1. The number of hydrogen-bond donors (Lipinski definition) is 0. The molecule has 0 spiro atoms. The van der Waals surface area contributed by atoms with E-state index in [9.17, 15) is 22.0 Å². The van der Waals surface area contributed by atoms with Crippen molar-refractivity contribution in [3.63, 3.8) is 0 Å².